The summed E-state index contributed by atoms with van der Waals surface area (Å²) in [6, 6.07) is 10.2. The lowest BCUT2D eigenvalue weighted by Crippen LogP contribution is -2.43. The Balaban J connectivity index is 1.57. The number of ether oxygens (including phenoxy) is 3. The average Bonchev–Trinajstić information content (AvgIpc) is 2.79. The number of amides is 3. The quantitative estimate of drug-likeness (QED) is 0.691. The van der Waals surface area contributed by atoms with E-state index < -0.39 is 0 Å². The van der Waals surface area contributed by atoms with Crippen LogP contribution in [0.1, 0.15) is 12.8 Å². The van der Waals surface area contributed by atoms with Gasteiger partial charge in [0.1, 0.15) is 17.2 Å². The molecule has 1 heterocycles. The molecular formula is C22H26ClN3O5. The lowest BCUT2D eigenvalue weighted by atomic mass is 9.96. The molecule has 0 spiro atoms. The number of methoxy groups -OCH3 is 3. The van der Waals surface area contributed by atoms with Crippen molar-refractivity contribution in [1.29, 1.82) is 0 Å². The van der Waals surface area contributed by atoms with Crippen LogP contribution in [-0.2, 0) is 4.79 Å². The fourth-order valence-corrected chi connectivity index (χ4v) is 3.72. The van der Waals surface area contributed by atoms with Crippen molar-refractivity contribution >= 4 is 34.9 Å². The molecule has 2 aromatic rings. The zero-order chi connectivity index (χ0) is 22.4. The number of anilines is 2. The van der Waals surface area contributed by atoms with Crippen LogP contribution >= 0.6 is 11.6 Å². The Morgan fingerprint density at radius 2 is 1.55 bits per heavy atom. The van der Waals surface area contributed by atoms with Crippen LogP contribution in [0, 0.1) is 5.92 Å². The predicted octanol–water partition coefficient (Wildman–Crippen LogP) is 4.25. The average molecular weight is 448 g/mol. The van der Waals surface area contributed by atoms with Crippen LogP contribution in [-0.4, -0.2) is 51.3 Å². The predicted molar refractivity (Wildman–Crippen MR) is 119 cm³/mol. The van der Waals surface area contributed by atoms with Crippen molar-refractivity contribution in [3.05, 3.63) is 41.4 Å². The molecule has 2 aromatic carbocycles. The van der Waals surface area contributed by atoms with Gasteiger partial charge in [-0.25, -0.2) is 4.79 Å². The largest absolute Gasteiger partial charge is 0.495 e. The van der Waals surface area contributed by atoms with E-state index in [1.54, 1.807) is 36.3 Å². The molecule has 9 heteroatoms. The van der Waals surface area contributed by atoms with Gasteiger partial charge in [-0.05, 0) is 31.0 Å². The second-order valence-corrected chi connectivity index (χ2v) is 7.48. The molecule has 0 atom stereocenters. The zero-order valence-electron chi connectivity index (χ0n) is 17.7. The highest BCUT2D eigenvalue weighted by Crippen LogP contribution is 2.36. The summed E-state index contributed by atoms with van der Waals surface area (Å²) < 4.78 is 15.8. The van der Waals surface area contributed by atoms with Crippen LogP contribution in [0.25, 0.3) is 0 Å². The summed E-state index contributed by atoms with van der Waals surface area (Å²) in [4.78, 5) is 27.0. The second kappa shape index (κ2) is 10.3. The molecule has 2 N–H and O–H groups in total. The minimum Gasteiger partial charge on any atom is -0.495 e. The topological polar surface area (TPSA) is 89.1 Å². The highest BCUT2D eigenvalue weighted by molar-refractivity contribution is 6.32. The fourth-order valence-electron chi connectivity index (χ4n) is 3.48. The van der Waals surface area contributed by atoms with E-state index in [1.807, 2.05) is 12.1 Å². The first-order chi connectivity index (χ1) is 15.0. The molecule has 1 fully saturated rings. The van der Waals surface area contributed by atoms with Gasteiger partial charge < -0.3 is 29.7 Å². The molecule has 0 radical (unpaired) electrons. The van der Waals surface area contributed by atoms with Crippen molar-refractivity contribution in [3.8, 4) is 17.2 Å². The first kappa shape index (κ1) is 22.6. The van der Waals surface area contributed by atoms with E-state index >= 15 is 0 Å². The molecular weight excluding hydrogens is 422 g/mol. The third-order valence-electron chi connectivity index (χ3n) is 5.23. The maximum absolute atomic E-state index is 12.7. The molecule has 8 nitrogen and oxygen atoms in total. The number of urea groups is 1. The van der Waals surface area contributed by atoms with Crippen LogP contribution < -0.4 is 24.8 Å². The van der Waals surface area contributed by atoms with Gasteiger partial charge in [0.05, 0.1) is 37.7 Å². The first-order valence-corrected chi connectivity index (χ1v) is 10.3. The Morgan fingerprint density at radius 1 is 0.903 bits per heavy atom. The summed E-state index contributed by atoms with van der Waals surface area (Å²) in [7, 11) is 4.57. The number of hydrogen-bond donors (Lipinski definition) is 2. The van der Waals surface area contributed by atoms with Crippen LogP contribution in [0.2, 0.25) is 5.02 Å². The number of carbonyl (C=O) groups excluding carboxylic acids is 2. The Morgan fingerprint density at radius 3 is 2.19 bits per heavy atom. The Kier molecular flexibility index (Phi) is 7.46. The Labute approximate surface area is 186 Å². The van der Waals surface area contributed by atoms with Gasteiger partial charge in [-0.1, -0.05) is 23.7 Å². The molecule has 0 saturated carbocycles. The summed E-state index contributed by atoms with van der Waals surface area (Å²) >= 11 is 6.17. The number of nitrogens with zero attached hydrogens (tertiary/aromatic N) is 1. The third-order valence-corrected chi connectivity index (χ3v) is 5.53. The lowest BCUT2D eigenvalue weighted by molar-refractivity contribution is -0.121. The van der Waals surface area contributed by atoms with Crippen LogP contribution in [0.4, 0.5) is 16.2 Å². The van der Waals surface area contributed by atoms with Gasteiger partial charge in [0, 0.05) is 25.1 Å². The summed E-state index contributed by atoms with van der Waals surface area (Å²) in [6.45, 7) is 0.921. The van der Waals surface area contributed by atoms with Crippen molar-refractivity contribution < 1.29 is 23.8 Å². The highest BCUT2D eigenvalue weighted by Gasteiger charge is 2.28. The van der Waals surface area contributed by atoms with Crippen molar-refractivity contribution in [3.63, 3.8) is 0 Å². The standard InChI is InChI=1S/C22H26ClN3O5/c1-29-18-7-5-4-6-16(18)24-21(27)14-8-10-26(11-9-14)22(28)25-17-12-15(23)19(30-2)13-20(17)31-3/h4-7,12-14H,8-11H2,1-3H3,(H,24,27)(H,25,28). The molecule has 0 aliphatic carbocycles. The number of hydrogen-bond acceptors (Lipinski definition) is 5. The molecule has 1 aliphatic rings. The van der Waals surface area contributed by atoms with Gasteiger partial charge in [-0.15, -0.1) is 0 Å². The minimum absolute atomic E-state index is 0.0758. The van der Waals surface area contributed by atoms with Crippen molar-refractivity contribution in [2.75, 3.05) is 45.1 Å². The van der Waals surface area contributed by atoms with Crippen molar-refractivity contribution in [2.24, 2.45) is 5.92 Å². The number of piperidine rings is 1. The zero-order valence-corrected chi connectivity index (χ0v) is 18.5. The van der Waals surface area contributed by atoms with Gasteiger partial charge >= 0.3 is 6.03 Å². The molecule has 3 rings (SSSR count). The summed E-state index contributed by atoms with van der Waals surface area (Å²) in [6.07, 6.45) is 1.13. The molecule has 0 unspecified atom stereocenters. The monoisotopic (exact) mass is 447 g/mol. The maximum atomic E-state index is 12.7. The summed E-state index contributed by atoms with van der Waals surface area (Å²) in [5.74, 6) is 1.26. The van der Waals surface area contributed by atoms with E-state index in [2.05, 4.69) is 10.6 Å². The van der Waals surface area contributed by atoms with Crippen molar-refractivity contribution in [1.82, 2.24) is 4.90 Å². The lowest BCUT2D eigenvalue weighted by Gasteiger charge is -2.31. The number of halogens is 1. The maximum Gasteiger partial charge on any atom is 0.321 e. The summed E-state index contributed by atoms with van der Waals surface area (Å²) in [5, 5.41) is 6.11. The van der Waals surface area contributed by atoms with E-state index in [0.717, 1.165) is 0 Å². The molecule has 1 saturated heterocycles. The Hall–Kier alpha value is -3.13. The van der Waals surface area contributed by atoms with E-state index in [4.69, 9.17) is 25.8 Å². The number of carbonyl (C=O) groups is 2. The third kappa shape index (κ3) is 5.32. The smallest absolute Gasteiger partial charge is 0.321 e. The first-order valence-electron chi connectivity index (χ1n) is 9.88. The number of benzene rings is 2. The molecule has 1 aliphatic heterocycles. The number of likely N-dealkylation sites (tertiary alicyclic amines) is 1. The second-order valence-electron chi connectivity index (χ2n) is 7.07. The molecule has 0 aromatic heterocycles. The van der Waals surface area contributed by atoms with E-state index in [1.165, 1.54) is 14.2 Å². The van der Waals surface area contributed by atoms with E-state index in [0.29, 0.717) is 59.6 Å². The van der Waals surface area contributed by atoms with Gasteiger partial charge in [0.25, 0.3) is 0 Å². The number of para-hydroxylation sites is 2. The van der Waals surface area contributed by atoms with Gasteiger partial charge in [0.15, 0.2) is 0 Å². The highest BCUT2D eigenvalue weighted by atomic mass is 35.5. The van der Waals surface area contributed by atoms with Crippen LogP contribution in [0.3, 0.4) is 0 Å². The van der Waals surface area contributed by atoms with Crippen molar-refractivity contribution in [2.45, 2.75) is 12.8 Å². The summed E-state index contributed by atoms with van der Waals surface area (Å²) in [5.41, 5.74) is 1.09. The SMILES string of the molecule is COc1cc(OC)c(NC(=O)N2CCC(C(=O)Nc3ccccc3OC)CC2)cc1Cl. The van der Waals surface area contributed by atoms with E-state index in [-0.39, 0.29) is 17.9 Å². The minimum atomic E-state index is -0.275. The molecule has 3 amide bonds. The van der Waals surface area contributed by atoms with Gasteiger partial charge in [0.2, 0.25) is 5.91 Å². The normalized spacial score (nSPS) is 14.0. The number of rotatable bonds is 6. The molecule has 166 valence electrons. The van der Waals surface area contributed by atoms with Crippen LogP contribution in [0.15, 0.2) is 36.4 Å². The van der Waals surface area contributed by atoms with Gasteiger partial charge in [-0.2, -0.15) is 0 Å². The van der Waals surface area contributed by atoms with Gasteiger partial charge in [-0.3, -0.25) is 4.79 Å². The fraction of sp³-hybridized carbons (Fsp3) is 0.364. The Bertz CT molecular complexity index is 945. The molecule has 0 bridgehead atoms. The number of nitrogens with one attached hydrogen (secondary N) is 2. The van der Waals surface area contributed by atoms with E-state index in [9.17, 15) is 9.59 Å². The molecule has 31 heavy (non-hydrogen) atoms. The van der Waals surface area contributed by atoms with Crippen LogP contribution in [0.5, 0.6) is 17.2 Å².